The fourth-order valence-electron chi connectivity index (χ4n) is 2.74. The van der Waals surface area contributed by atoms with Gasteiger partial charge in [0.25, 0.3) is 0 Å². The van der Waals surface area contributed by atoms with Gasteiger partial charge in [-0.3, -0.25) is 4.79 Å². The molecule has 3 rings (SSSR count). The van der Waals surface area contributed by atoms with Crippen LogP contribution in [0.25, 0.3) is 0 Å². The first-order valence-corrected chi connectivity index (χ1v) is 8.06. The molecule has 0 radical (unpaired) electrons. The third-order valence-electron chi connectivity index (χ3n) is 3.99. The summed E-state index contributed by atoms with van der Waals surface area (Å²) in [6, 6.07) is 17.0. The molecule has 1 atom stereocenters. The summed E-state index contributed by atoms with van der Waals surface area (Å²) in [5.74, 6) is -0.00613. The molecule has 0 aromatic heterocycles. The number of ether oxygens (including phenoxy) is 2. The molecule has 2 aromatic carbocycles. The molecule has 1 unspecified atom stereocenters. The van der Waals surface area contributed by atoms with E-state index in [1.165, 1.54) is 7.11 Å². The third kappa shape index (κ3) is 4.09. The van der Waals surface area contributed by atoms with E-state index in [9.17, 15) is 9.59 Å². The molecule has 0 bridgehead atoms. The average molecular weight is 340 g/mol. The standard InChI is InChI=1S/C19H20N2O4/c1-24-19(23)17-12-21(15-9-5-6-10-16(15)25-17)13-18(22)20-11-14-7-3-2-4-8-14/h2-10,17H,11-13H2,1H3,(H,20,22). The number of amides is 1. The summed E-state index contributed by atoms with van der Waals surface area (Å²) >= 11 is 0. The van der Waals surface area contributed by atoms with E-state index in [1.807, 2.05) is 53.4 Å². The van der Waals surface area contributed by atoms with Gasteiger partial charge in [0.2, 0.25) is 12.0 Å². The highest BCUT2D eigenvalue weighted by Gasteiger charge is 2.32. The summed E-state index contributed by atoms with van der Waals surface area (Å²) in [6.45, 7) is 0.870. The second kappa shape index (κ2) is 7.70. The van der Waals surface area contributed by atoms with Gasteiger partial charge in [-0.05, 0) is 17.7 Å². The van der Waals surface area contributed by atoms with Gasteiger partial charge >= 0.3 is 5.97 Å². The number of fused-ring (bicyclic) bond motifs is 1. The lowest BCUT2D eigenvalue weighted by Gasteiger charge is -2.34. The molecule has 6 heteroatoms. The number of nitrogens with zero attached hydrogens (tertiary/aromatic N) is 1. The molecule has 130 valence electrons. The average Bonchev–Trinajstić information content (AvgIpc) is 2.66. The maximum absolute atomic E-state index is 12.3. The molecular formula is C19H20N2O4. The van der Waals surface area contributed by atoms with Crippen LogP contribution in [0.15, 0.2) is 54.6 Å². The first-order chi connectivity index (χ1) is 12.2. The second-order valence-electron chi connectivity index (χ2n) is 5.74. The zero-order valence-corrected chi connectivity index (χ0v) is 14.0. The van der Waals surface area contributed by atoms with Crippen molar-refractivity contribution in [3.8, 4) is 5.75 Å². The van der Waals surface area contributed by atoms with Gasteiger partial charge < -0.3 is 19.7 Å². The lowest BCUT2D eigenvalue weighted by Crippen LogP contribution is -2.48. The number of para-hydroxylation sites is 2. The van der Waals surface area contributed by atoms with Gasteiger partial charge in [0.05, 0.1) is 25.9 Å². The molecule has 0 saturated heterocycles. The van der Waals surface area contributed by atoms with Crippen molar-refractivity contribution in [1.29, 1.82) is 0 Å². The number of rotatable bonds is 5. The summed E-state index contributed by atoms with van der Waals surface area (Å²) in [6.07, 6.45) is -0.748. The van der Waals surface area contributed by atoms with Crippen molar-refractivity contribution < 1.29 is 19.1 Å². The number of carbonyl (C=O) groups is 2. The van der Waals surface area contributed by atoms with Crippen LogP contribution in [0.1, 0.15) is 5.56 Å². The molecule has 1 aliphatic heterocycles. The molecule has 1 amide bonds. The quantitative estimate of drug-likeness (QED) is 0.840. The minimum absolute atomic E-state index is 0.121. The largest absolute Gasteiger partial charge is 0.475 e. The first-order valence-electron chi connectivity index (χ1n) is 8.06. The van der Waals surface area contributed by atoms with Crippen LogP contribution in [-0.2, 0) is 20.9 Å². The summed E-state index contributed by atoms with van der Waals surface area (Å²) in [7, 11) is 1.32. The Balaban J connectivity index is 1.67. The summed E-state index contributed by atoms with van der Waals surface area (Å²) < 4.78 is 10.5. The van der Waals surface area contributed by atoms with Gasteiger partial charge in [-0.15, -0.1) is 0 Å². The lowest BCUT2D eigenvalue weighted by atomic mass is 10.2. The smallest absolute Gasteiger partial charge is 0.348 e. The van der Waals surface area contributed by atoms with Crippen molar-refractivity contribution in [3.63, 3.8) is 0 Å². The van der Waals surface area contributed by atoms with E-state index in [4.69, 9.17) is 9.47 Å². The van der Waals surface area contributed by atoms with Crippen LogP contribution in [0, 0.1) is 0 Å². The van der Waals surface area contributed by atoms with E-state index in [0.717, 1.165) is 11.3 Å². The molecular weight excluding hydrogens is 320 g/mol. The van der Waals surface area contributed by atoms with Gasteiger partial charge in [0.1, 0.15) is 5.75 Å². The molecule has 2 aromatic rings. The topological polar surface area (TPSA) is 67.9 Å². The number of carbonyl (C=O) groups excluding carboxylic acids is 2. The van der Waals surface area contributed by atoms with E-state index in [0.29, 0.717) is 12.3 Å². The Morgan fingerprint density at radius 3 is 2.64 bits per heavy atom. The maximum atomic E-state index is 12.3. The molecule has 0 aliphatic carbocycles. The van der Waals surface area contributed by atoms with Gasteiger partial charge in [0, 0.05) is 6.54 Å². The predicted octanol–water partition coefficient (Wildman–Crippen LogP) is 1.74. The van der Waals surface area contributed by atoms with E-state index >= 15 is 0 Å². The normalized spacial score (nSPS) is 15.7. The summed E-state index contributed by atoms with van der Waals surface area (Å²) in [5.41, 5.74) is 1.82. The maximum Gasteiger partial charge on any atom is 0.348 e. The van der Waals surface area contributed by atoms with Crippen LogP contribution in [0.3, 0.4) is 0 Å². The van der Waals surface area contributed by atoms with Crippen LogP contribution in [0.2, 0.25) is 0 Å². The van der Waals surface area contributed by atoms with Crippen LogP contribution in [0.5, 0.6) is 5.75 Å². The molecule has 0 spiro atoms. The van der Waals surface area contributed by atoms with Gasteiger partial charge in [0.15, 0.2) is 0 Å². The highest BCUT2D eigenvalue weighted by molar-refractivity contribution is 5.84. The Hall–Kier alpha value is -3.02. The molecule has 1 N–H and O–H groups in total. The Morgan fingerprint density at radius 2 is 1.88 bits per heavy atom. The number of methoxy groups -OCH3 is 1. The minimum Gasteiger partial charge on any atom is -0.475 e. The fourth-order valence-corrected chi connectivity index (χ4v) is 2.74. The predicted molar refractivity (Wildman–Crippen MR) is 93.4 cm³/mol. The molecule has 0 fully saturated rings. The number of anilines is 1. The minimum atomic E-state index is -0.748. The number of hydrogen-bond acceptors (Lipinski definition) is 5. The monoisotopic (exact) mass is 340 g/mol. The molecule has 0 saturated carbocycles. The van der Waals surface area contributed by atoms with Crippen molar-refractivity contribution in [2.75, 3.05) is 25.1 Å². The SMILES string of the molecule is COC(=O)C1CN(CC(=O)NCc2ccccc2)c2ccccc2O1. The number of nitrogens with one attached hydrogen (secondary N) is 1. The van der Waals surface area contributed by atoms with Crippen molar-refractivity contribution in [1.82, 2.24) is 5.32 Å². The third-order valence-corrected chi connectivity index (χ3v) is 3.99. The zero-order valence-electron chi connectivity index (χ0n) is 14.0. The Bertz CT molecular complexity index is 748. The van der Waals surface area contributed by atoms with E-state index < -0.39 is 12.1 Å². The van der Waals surface area contributed by atoms with E-state index in [-0.39, 0.29) is 19.0 Å². The van der Waals surface area contributed by atoms with Crippen molar-refractivity contribution >= 4 is 17.6 Å². The Morgan fingerprint density at radius 1 is 1.16 bits per heavy atom. The van der Waals surface area contributed by atoms with Crippen LogP contribution in [0.4, 0.5) is 5.69 Å². The van der Waals surface area contributed by atoms with Gasteiger partial charge in [-0.25, -0.2) is 4.79 Å². The van der Waals surface area contributed by atoms with Crippen molar-refractivity contribution in [2.24, 2.45) is 0 Å². The molecule has 1 aliphatic rings. The van der Waals surface area contributed by atoms with Crippen LogP contribution in [-0.4, -0.2) is 38.2 Å². The second-order valence-corrected chi connectivity index (χ2v) is 5.74. The lowest BCUT2D eigenvalue weighted by molar-refractivity contribution is -0.148. The highest BCUT2D eigenvalue weighted by atomic mass is 16.6. The van der Waals surface area contributed by atoms with Crippen LogP contribution >= 0.6 is 0 Å². The molecule has 25 heavy (non-hydrogen) atoms. The Kier molecular flexibility index (Phi) is 5.18. The van der Waals surface area contributed by atoms with Gasteiger partial charge in [-0.1, -0.05) is 42.5 Å². The molecule has 6 nitrogen and oxygen atoms in total. The fraction of sp³-hybridized carbons (Fsp3) is 0.263. The number of esters is 1. The van der Waals surface area contributed by atoms with E-state index in [2.05, 4.69) is 5.32 Å². The number of benzene rings is 2. The van der Waals surface area contributed by atoms with E-state index in [1.54, 1.807) is 6.07 Å². The zero-order chi connectivity index (χ0) is 17.6. The van der Waals surface area contributed by atoms with Gasteiger partial charge in [-0.2, -0.15) is 0 Å². The van der Waals surface area contributed by atoms with Crippen molar-refractivity contribution in [3.05, 3.63) is 60.2 Å². The first kappa shape index (κ1) is 16.8. The summed E-state index contributed by atoms with van der Waals surface area (Å²) in [4.78, 5) is 26.0. The van der Waals surface area contributed by atoms with Crippen molar-refractivity contribution in [2.45, 2.75) is 12.6 Å². The number of hydrogen-bond donors (Lipinski definition) is 1. The van der Waals surface area contributed by atoms with Crippen LogP contribution < -0.4 is 15.0 Å². The highest BCUT2D eigenvalue weighted by Crippen LogP contribution is 2.33. The summed E-state index contributed by atoms with van der Waals surface area (Å²) in [5, 5.41) is 2.90. The molecule has 1 heterocycles. The Labute approximate surface area is 146 Å².